The molecule has 1 heterocycles. The Labute approximate surface area is 98.8 Å². The Hall–Kier alpha value is -1.97. The molecule has 0 fully saturated rings. The molecule has 17 heavy (non-hydrogen) atoms. The highest BCUT2D eigenvalue weighted by Gasteiger charge is 2.08. The van der Waals surface area contributed by atoms with Crippen LogP contribution in [0.4, 0.5) is 0 Å². The Morgan fingerprint density at radius 3 is 3.00 bits per heavy atom. The Bertz CT molecular complexity index is 527. The molecule has 0 amide bonds. The highest BCUT2D eigenvalue weighted by Crippen LogP contribution is 2.28. The number of aryl methyl sites for hydroxylation is 1. The number of methoxy groups -OCH3 is 1. The van der Waals surface area contributed by atoms with Gasteiger partial charge in [-0.2, -0.15) is 0 Å². The number of para-hydroxylation sites is 1. The lowest BCUT2D eigenvalue weighted by Gasteiger charge is -1.98. The van der Waals surface area contributed by atoms with Gasteiger partial charge in [0.1, 0.15) is 5.76 Å². The van der Waals surface area contributed by atoms with E-state index >= 15 is 0 Å². The summed E-state index contributed by atoms with van der Waals surface area (Å²) in [7, 11) is 1.60. The van der Waals surface area contributed by atoms with Gasteiger partial charge in [0.05, 0.1) is 7.11 Å². The van der Waals surface area contributed by atoms with E-state index in [0.717, 1.165) is 16.7 Å². The first kappa shape index (κ1) is 11.5. The van der Waals surface area contributed by atoms with Crippen molar-refractivity contribution in [1.29, 1.82) is 0 Å². The van der Waals surface area contributed by atoms with Crippen molar-refractivity contribution in [3.8, 4) is 5.75 Å². The molecule has 0 aliphatic heterocycles. The maximum Gasteiger partial charge on any atom is 0.303 e. The number of aliphatic carboxylic acids is 1. The minimum Gasteiger partial charge on any atom is -0.493 e. The molecule has 0 unspecified atom stereocenters. The molecule has 0 saturated heterocycles. The second kappa shape index (κ2) is 4.91. The maximum absolute atomic E-state index is 10.4. The summed E-state index contributed by atoms with van der Waals surface area (Å²) in [6.07, 6.45) is 1.37. The van der Waals surface area contributed by atoms with E-state index in [0.29, 0.717) is 18.6 Å². The monoisotopic (exact) mass is 234 g/mol. The van der Waals surface area contributed by atoms with Gasteiger partial charge in [-0.3, -0.25) is 4.79 Å². The van der Waals surface area contributed by atoms with E-state index in [1.165, 1.54) is 0 Å². The summed E-state index contributed by atoms with van der Waals surface area (Å²) >= 11 is 0. The third kappa shape index (κ3) is 2.58. The number of carbonyl (C=O) groups is 1. The first-order chi connectivity index (χ1) is 8.20. The molecule has 1 N–H and O–H groups in total. The minimum atomic E-state index is -0.779. The van der Waals surface area contributed by atoms with Gasteiger partial charge in [-0.25, -0.2) is 0 Å². The summed E-state index contributed by atoms with van der Waals surface area (Å²) in [5.74, 6) is 0.719. The first-order valence-corrected chi connectivity index (χ1v) is 5.48. The van der Waals surface area contributed by atoms with Gasteiger partial charge in [-0.1, -0.05) is 12.1 Å². The number of fused-ring (bicyclic) bond motifs is 1. The van der Waals surface area contributed by atoms with Crippen LogP contribution in [0.15, 0.2) is 28.7 Å². The van der Waals surface area contributed by atoms with Crippen LogP contribution >= 0.6 is 0 Å². The summed E-state index contributed by atoms with van der Waals surface area (Å²) in [6, 6.07) is 7.62. The molecule has 0 bridgehead atoms. The summed E-state index contributed by atoms with van der Waals surface area (Å²) in [5, 5.41) is 9.54. The lowest BCUT2D eigenvalue weighted by Crippen LogP contribution is -1.94. The molecular formula is C13H14O4. The molecule has 0 aliphatic carbocycles. The van der Waals surface area contributed by atoms with Crippen LogP contribution in [-0.2, 0) is 11.2 Å². The third-order valence-corrected chi connectivity index (χ3v) is 2.59. The number of hydrogen-bond donors (Lipinski definition) is 1. The molecule has 1 aromatic carbocycles. The van der Waals surface area contributed by atoms with Gasteiger partial charge in [0, 0.05) is 18.2 Å². The number of rotatable bonds is 5. The molecule has 2 aromatic rings. The van der Waals surface area contributed by atoms with E-state index in [1.54, 1.807) is 7.11 Å². The Morgan fingerprint density at radius 2 is 2.29 bits per heavy atom. The van der Waals surface area contributed by atoms with Crippen molar-refractivity contribution in [2.75, 3.05) is 7.11 Å². The molecule has 90 valence electrons. The van der Waals surface area contributed by atoms with Crippen molar-refractivity contribution in [3.63, 3.8) is 0 Å². The lowest BCUT2D eigenvalue weighted by atomic mass is 10.2. The SMILES string of the molecule is COc1cccc2cc(CCCC(=O)O)oc12. The normalized spacial score (nSPS) is 10.6. The molecular weight excluding hydrogens is 220 g/mol. The zero-order chi connectivity index (χ0) is 12.3. The second-order valence-corrected chi connectivity index (χ2v) is 3.84. The van der Waals surface area contributed by atoms with Crippen molar-refractivity contribution in [3.05, 3.63) is 30.0 Å². The van der Waals surface area contributed by atoms with Crippen LogP contribution in [0.2, 0.25) is 0 Å². The third-order valence-electron chi connectivity index (χ3n) is 2.59. The quantitative estimate of drug-likeness (QED) is 0.864. The van der Waals surface area contributed by atoms with Gasteiger partial charge in [-0.05, 0) is 18.6 Å². The minimum absolute atomic E-state index is 0.161. The number of benzene rings is 1. The molecule has 4 heteroatoms. The fraction of sp³-hybridized carbons (Fsp3) is 0.308. The smallest absolute Gasteiger partial charge is 0.303 e. The Kier molecular flexibility index (Phi) is 3.32. The van der Waals surface area contributed by atoms with Crippen LogP contribution in [0.25, 0.3) is 11.0 Å². The average molecular weight is 234 g/mol. The van der Waals surface area contributed by atoms with E-state index in [-0.39, 0.29) is 6.42 Å². The molecule has 0 aliphatic rings. The molecule has 2 rings (SSSR count). The van der Waals surface area contributed by atoms with Gasteiger partial charge >= 0.3 is 5.97 Å². The van der Waals surface area contributed by atoms with Crippen molar-refractivity contribution in [2.45, 2.75) is 19.3 Å². The molecule has 1 aromatic heterocycles. The first-order valence-electron chi connectivity index (χ1n) is 5.48. The van der Waals surface area contributed by atoms with E-state index in [2.05, 4.69) is 0 Å². The summed E-state index contributed by atoms with van der Waals surface area (Å²) in [4.78, 5) is 10.4. The number of furan rings is 1. The molecule has 0 radical (unpaired) electrons. The zero-order valence-corrected chi connectivity index (χ0v) is 9.60. The van der Waals surface area contributed by atoms with Crippen LogP contribution in [0.3, 0.4) is 0 Å². The van der Waals surface area contributed by atoms with Crippen LogP contribution in [-0.4, -0.2) is 18.2 Å². The van der Waals surface area contributed by atoms with E-state index in [1.807, 2.05) is 24.3 Å². The number of hydrogen-bond acceptors (Lipinski definition) is 3. The predicted octanol–water partition coefficient (Wildman–Crippen LogP) is 2.85. The highest BCUT2D eigenvalue weighted by atomic mass is 16.5. The molecule has 0 atom stereocenters. The van der Waals surface area contributed by atoms with Gasteiger partial charge in [-0.15, -0.1) is 0 Å². The number of carboxylic acid groups (broad SMARTS) is 1. The van der Waals surface area contributed by atoms with E-state index in [4.69, 9.17) is 14.3 Å². The Morgan fingerprint density at radius 1 is 1.47 bits per heavy atom. The van der Waals surface area contributed by atoms with Gasteiger partial charge in [0.25, 0.3) is 0 Å². The van der Waals surface area contributed by atoms with E-state index in [9.17, 15) is 4.79 Å². The van der Waals surface area contributed by atoms with Crippen LogP contribution in [0.1, 0.15) is 18.6 Å². The van der Waals surface area contributed by atoms with Crippen LogP contribution in [0, 0.1) is 0 Å². The second-order valence-electron chi connectivity index (χ2n) is 3.84. The number of ether oxygens (including phenoxy) is 1. The predicted molar refractivity (Wildman–Crippen MR) is 63.3 cm³/mol. The molecule has 4 nitrogen and oxygen atoms in total. The fourth-order valence-electron chi connectivity index (χ4n) is 1.79. The average Bonchev–Trinajstić information content (AvgIpc) is 2.70. The summed E-state index contributed by atoms with van der Waals surface area (Å²) in [5.41, 5.74) is 0.723. The van der Waals surface area contributed by atoms with Crippen molar-refractivity contribution >= 4 is 16.9 Å². The van der Waals surface area contributed by atoms with Crippen LogP contribution in [0.5, 0.6) is 5.75 Å². The maximum atomic E-state index is 10.4. The molecule has 0 saturated carbocycles. The number of carboxylic acids is 1. The highest BCUT2D eigenvalue weighted by molar-refractivity contribution is 5.83. The lowest BCUT2D eigenvalue weighted by molar-refractivity contribution is -0.137. The topological polar surface area (TPSA) is 59.7 Å². The van der Waals surface area contributed by atoms with Gasteiger partial charge < -0.3 is 14.3 Å². The van der Waals surface area contributed by atoms with Crippen molar-refractivity contribution < 1.29 is 19.1 Å². The fourth-order valence-corrected chi connectivity index (χ4v) is 1.79. The van der Waals surface area contributed by atoms with Gasteiger partial charge in [0.2, 0.25) is 0 Å². The standard InChI is InChI=1S/C13H14O4/c1-16-11-6-2-4-9-8-10(17-13(9)11)5-3-7-12(14)15/h2,4,6,8H,3,5,7H2,1H3,(H,14,15). The Balaban J connectivity index is 2.17. The summed E-state index contributed by atoms with van der Waals surface area (Å²) in [6.45, 7) is 0. The van der Waals surface area contributed by atoms with Crippen molar-refractivity contribution in [1.82, 2.24) is 0 Å². The van der Waals surface area contributed by atoms with Crippen molar-refractivity contribution in [2.24, 2.45) is 0 Å². The largest absolute Gasteiger partial charge is 0.493 e. The van der Waals surface area contributed by atoms with E-state index < -0.39 is 5.97 Å². The summed E-state index contributed by atoms with van der Waals surface area (Å²) < 4.78 is 10.8. The zero-order valence-electron chi connectivity index (χ0n) is 9.60. The van der Waals surface area contributed by atoms with Gasteiger partial charge in [0.15, 0.2) is 11.3 Å². The van der Waals surface area contributed by atoms with Crippen LogP contribution < -0.4 is 4.74 Å². The molecule has 0 spiro atoms.